The smallest absolute Gasteiger partial charge is 0.181 e. The molecular formula is C20H18N4O2S2. The zero-order chi connectivity index (χ0) is 19.6. The number of aromatic nitrogens is 3. The summed E-state index contributed by atoms with van der Waals surface area (Å²) >= 11 is 1.53. The second kappa shape index (κ2) is 7.65. The van der Waals surface area contributed by atoms with E-state index in [9.17, 15) is 8.42 Å². The Kier molecular flexibility index (Phi) is 5.06. The van der Waals surface area contributed by atoms with Crippen molar-refractivity contribution in [3.8, 4) is 22.6 Å². The van der Waals surface area contributed by atoms with Crippen molar-refractivity contribution in [3.05, 3.63) is 60.1 Å². The largest absolute Gasteiger partial charge is 0.368 e. The van der Waals surface area contributed by atoms with E-state index < -0.39 is 9.84 Å². The van der Waals surface area contributed by atoms with Crippen LogP contribution < -0.4 is 5.32 Å². The maximum atomic E-state index is 11.5. The van der Waals surface area contributed by atoms with Gasteiger partial charge >= 0.3 is 0 Å². The highest BCUT2D eigenvalue weighted by Gasteiger charge is 2.17. The van der Waals surface area contributed by atoms with Gasteiger partial charge in [0.15, 0.2) is 5.82 Å². The van der Waals surface area contributed by atoms with Gasteiger partial charge < -0.3 is 5.32 Å². The number of fused-ring (bicyclic) bond motifs is 1. The molecule has 0 aliphatic rings. The number of benzene rings is 1. The summed E-state index contributed by atoms with van der Waals surface area (Å²) in [6.45, 7) is 0.274. The first kappa shape index (κ1) is 18.5. The van der Waals surface area contributed by atoms with Gasteiger partial charge in [-0.15, -0.1) is 11.3 Å². The van der Waals surface area contributed by atoms with Gasteiger partial charge in [-0.1, -0.05) is 36.4 Å². The van der Waals surface area contributed by atoms with E-state index >= 15 is 0 Å². The van der Waals surface area contributed by atoms with E-state index in [-0.39, 0.29) is 12.3 Å². The van der Waals surface area contributed by atoms with E-state index in [1.165, 1.54) is 17.6 Å². The van der Waals surface area contributed by atoms with Crippen LogP contribution in [0.4, 0.5) is 5.82 Å². The molecule has 0 unspecified atom stereocenters. The van der Waals surface area contributed by atoms with E-state index in [1.807, 2.05) is 48.5 Å². The predicted octanol–water partition coefficient (Wildman–Crippen LogP) is 3.88. The molecule has 0 amide bonds. The summed E-state index contributed by atoms with van der Waals surface area (Å²) in [7, 11) is -3.07. The maximum Gasteiger partial charge on any atom is 0.181 e. The topological polar surface area (TPSA) is 84.8 Å². The fourth-order valence-electron chi connectivity index (χ4n) is 2.86. The molecule has 0 spiro atoms. The molecule has 1 aromatic carbocycles. The van der Waals surface area contributed by atoms with E-state index in [0.29, 0.717) is 17.3 Å². The summed E-state index contributed by atoms with van der Waals surface area (Å²) in [6.07, 6.45) is 2.92. The van der Waals surface area contributed by atoms with Crippen LogP contribution in [-0.2, 0) is 9.84 Å². The van der Waals surface area contributed by atoms with Crippen LogP contribution in [-0.4, -0.2) is 41.9 Å². The number of sulfone groups is 1. The number of anilines is 1. The summed E-state index contributed by atoms with van der Waals surface area (Å²) < 4.78 is 23.1. The van der Waals surface area contributed by atoms with Gasteiger partial charge in [-0.25, -0.2) is 18.4 Å². The Hall–Kier alpha value is -2.84. The lowest BCUT2D eigenvalue weighted by Crippen LogP contribution is -2.15. The zero-order valence-corrected chi connectivity index (χ0v) is 16.8. The van der Waals surface area contributed by atoms with Crippen molar-refractivity contribution < 1.29 is 8.42 Å². The second-order valence-electron chi connectivity index (χ2n) is 6.36. The molecule has 3 heterocycles. The Morgan fingerprint density at radius 2 is 1.82 bits per heavy atom. The first-order chi connectivity index (χ1) is 13.5. The average Bonchev–Trinajstić information content (AvgIpc) is 3.12. The molecule has 0 saturated heterocycles. The number of rotatable bonds is 6. The van der Waals surface area contributed by atoms with Crippen LogP contribution in [0.3, 0.4) is 0 Å². The van der Waals surface area contributed by atoms with E-state index in [0.717, 1.165) is 21.3 Å². The van der Waals surface area contributed by atoms with E-state index in [4.69, 9.17) is 4.98 Å². The molecule has 0 fully saturated rings. The van der Waals surface area contributed by atoms with Gasteiger partial charge in [0.05, 0.1) is 11.1 Å². The van der Waals surface area contributed by atoms with Crippen LogP contribution in [0.1, 0.15) is 0 Å². The highest BCUT2D eigenvalue weighted by Crippen LogP contribution is 2.37. The molecule has 0 aliphatic carbocycles. The molecule has 28 heavy (non-hydrogen) atoms. The Morgan fingerprint density at radius 3 is 2.54 bits per heavy atom. The number of hydrogen-bond acceptors (Lipinski definition) is 7. The fraction of sp³-hybridized carbons (Fsp3) is 0.150. The fourth-order valence-corrected chi connectivity index (χ4v) is 4.28. The van der Waals surface area contributed by atoms with Gasteiger partial charge in [0.25, 0.3) is 0 Å². The van der Waals surface area contributed by atoms with E-state index in [1.54, 1.807) is 6.20 Å². The van der Waals surface area contributed by atoms with Gasteiger partial charge in [-0.2, -0.15) is 0 Å². The quantitative estimate of drug-likeness (QED) is 0.519. The van der Waals surface area contributed by atoms with Crippen molar-refractivity contribution in [2.24, 2.45) is 0 Å². The summed E-state index contributed by atoms with van der Waals surface area (Å²) in [4.78, 5) is 14.5. The first-order valence-electron chi connectivity index (χ1n) is 8.69. The van der Waals surface area contributed by atoms with Gasteiger partial charge in [-0.05, 0) is 17.7 Å². The van der Waals surface area contributed by atoms with Crippen LogP contribution in [0.2, 0.25) is 0 Å². The van der Waals surface area contributed by atoms with Crippen molar-refractivity contribution in [2.75, 3.05) is 23.9 Å². The monoisotopic (exact) mass is 410 g/mol. The molecule has 8 heteroatoms. The lowest BCUT2D eigenvalue weighted by Gasteiger charge is -2.10. The summed E-state index contributed by atoms with van der Waals surface area (Å²) in [5.41, 5.74) is 2.76. The highest BCUT2D eigenvalue weighted by molar-refractivity contribution is 7.90. The standard InChI is InChI=1S/C20H18N4O2S2/c1-28(25,26)12-11-22-19-17-15(14-7-3-2-4-8-14)13-27-20(17)24-18(23-19)16-9-5-6-10-21-16/h2-10,13H,11-12H2,1H3,(H,22,23,24). The van der Waals surface area contributed by atoms with Crippen LogP contribution in [0.5, 0.6) is 0 Å². The van der Waals surface area contributed by atoms with Crippen molar-refractivity contribution >= 4 is 37.2 Å². The van der Waals surface area contributed by atoms with Crippen molar-refractivity contribution in [1.29, 1.82) is 0 Å². The Bertz CT molecular complexity index is 1210. The molecule has 0 saturated carbocycles. The van der Waals surface area contributed by atoms with Crippen LogP contribution in [0, 0.1) is 0 Å². The van der Waals surface area contributed by atoms with Crippen LogP contribution >= 0.6 is 11.3 Å². The molecule has 1 N–H and O–H groups in total. The third-order valence-corrected chi connectivity index (χ3v) is 6.00. The number of nitrogens with zero attached hydrogens (tertiary/aromatic N) is 3. The zero-order valence-electron chi connectivity index (χ0n) is 15.2. The van der Waals surface area contributed by atoms with Gasteiger partial charge in [-0.3, -0.25) is 4.98 Å². The van der Waals surface area contributed by atoms with E-state index in [2.05, 4.69) is 20.7 Å². The minimum atomic E-state index is -3.07. The lowest BCUT2D eigenvalue weighted by molar-refractivity contribution is 0.602. The third-order valence-electron chi connectivity index (χ3n) is 4.18. The predicted molar refractivity (Wildman–Crippen MR) is 114 cm³/mol. The summed E-state index contributed by atoms with van der Waals surface area (Å²) in [6, 6.07) is 15.6. The molecule has 4 aromatic rings. The summed E-state index contributed by atoms with van der Waals surface area (Å²) in [5, 5.41) is 6.15. The number of pyridine rings is 1. The second-order valence-corrected chi connectivity index (χ2v) is 9.48. The molecule has 0 atom stereocenters. The molecule has 0 bridgehead atoms. The van der Waals surface area contributed by atoms with Crippen LogP contribution in [0.15, 0.2) is 60.1 Å². The Balaban J connectivity index is 1.84. The van der Waals surface area contributed by atoms with Gasteiger partial charge in [0.2, 0.25) is 0 Å². The van der Waals surface area contributed by atoms with Gasteiger partial charge in [0.1, 0.15) is 26.2 Å². The molecule has 4 rings (SSSR count). The third kappa shape index (κ3) is 4.02. The number of hydrogen-bond donors (Lipinski definition) is 1. The molecular weight excluding hydrogens is 392 g/mol. The van der Waals surface area contributed by atoms with Crippen molar-refractivity contribution in [2.45, 2.75) is 0 Å². The number of nitrogens with one attached hydrogen (secondary N) is 1. The molecule has 142 valence electrons. The van der Waals surface area contributed by atoms with Crippen molar-refractivity contribution in [3.63, 3.8) is 0 Å². The molecule has 0 radical (unpaired) electrons. The normalized spacial score (nSPS) is 11.6. The Labute approximate surface area is 167 Å². The van der Waals surface area contributed by atoms with Crippen LogP contribution in [0.25, 0.3) is 32.9 Å². The molecule has 3 aromatic heterocycles. The SMILES string of the molecule is CS(=O)(=O)CCNc1nc(-c2ccccn2)nc2scc(-c3ccccc3)c12. The highest BCUT2D eigenvalue weighted by atomic mass is 32.2. The first-order valence-corrected chi connectivity index (χ1v) is 11.6. The Morgan fingerprint density at radius 1 is 1.04 bits per heavy atom. The molecule has 0 aliphatic heterocycles. The lowest BCUT2D eigenvalue weighted by atomic mass is 10.1. The van der Waals surface area contributed by atoms with Crippen molar-refractivity contribution in [1.82, 2.24) is 15.0 Å². The maximum absolute atomic E-state index is 11.5. The average molecular weight is 411 g/mol. The minimum absolute atomic E-state index is 0.0300. The minimum Gasteiger partial charge on any atom is -0.368 e. The molecule has 6 nitrogen and oxygen atoms in total. The number of thiophene rings is 1. The summed E-state index contributed by atoms with van der Waals surface area (Å²) in [5.74, 6) is 1.16. The van der Waals surface area contributed by atoms with Gasteiger partial charge in [0, 0.05) is 29.9 Å².